The van der Waals surface area contributed by atoms with Gasteiger partial charge in [-0.25, -0.2) is 19.3 Å². The van der Waals surface area contributed by atoms with E-state index in [-0.39, 0.29) is 63.7 Å². The number of urea groups is 1. The van der Waals surface area contributed by atoms with Crippen LogP contribution < -0.4 is 40.6 Å². The molecule has 3 aromatic heterocycles. The number of nitrogens with two attached hydrogens (primary N) is 1. The fourth-order valence-electron chi connectivity index (χ4n) is 5.18. The van der Waals surface area contributed by atoms with Gasteiger partial charge in [-0.2, -0.15) is 46.5 Å². The first-order chi connectivity index (χ1) is 35.7. The molecule has 0 aliphatic carbocycles. The van der Waals surface area contributed by atoms with Crippen LogP contribution in [-0.2, 0) is 25.6 Å². The topological polar surface area (TPSA) is 406 Å². The number of rotatable bonds is 18. The molecule has 0 radical (unpaired) electrons. The van der Waals surface area contributed by atoms with Crippen LogP contribution in [0.5, 0.6) is 23.3 Å². The van der Waals surface area contributed by atoms with Gasteiger partial charge in [-0.1, -0.05) is 11.6 Å². The average molecular weight is 1170 g/mol. The Bertz CT molecular complexity index is 3030. The van der Waals surface area contributed by atoms with Gasteiger partial charge in [0.15, 0.2) is 12.4 Å². The Hall–Kier alpha value is -7.77. The van der Waals surface area contributed by atoms with E-state index in [4.69, 9.17) is 58.3 Å². The van der Waals surface area contributed by atoms with Crippen molar-refractivity contribution in [2.45, 2.75) is 50.5 Å². The van der Waals surface area contributed by atoms with E-state index in [2.05, 4.69) is 45.9 Å². The van der Waals surface area contributed by atoms with Crippen LogP contribution in [0.25, 0.3) is 0 Å². The number of aromatic nitrogens is 6. The summed E-state index contributed by atoms with van der Waals surface area (Å²) in [5, 5.41) is 35.5. The number of carboxylic acid groups (broad SMARTS) is 2. The van der Waals surface area contributed by atoms with E-state index in [0.717, 1.165) is 36.9 Å². The first-order valence-electron chi connectivity index (χ1n) is 21.4. The minimum Gasteiger partial charge on any atom is -0.481 e. The molecule has 0 saturated carbocycles. The average Bonchev–Trinajstić information content (AvgIpc) is 3.32. The molecule has 2 aromatic carbocycles. The van der Waals surface area contributed by atoms with Crippen LogP contribution in [0.3, 0.4) is 0 Å². The molecule has 5 aromatic rings. The van der Waals surface area contributed by atoms with E-state index in [0.29, 0.717) is 18.0 Å². The van der Waals surface area contributed by atoms with Crippen LogP contribution in [0.1, 0.15) is 53.5 Å². The van der Waals surface area contributed by atoms with E-state index < -0.39 is 80.3 Å². The zero-order valence-corrected chi connectivity index (χ0v) is 44.9. The quantitative estimate of drug-likeness (QED) is 0.0270. The van der Waals surface area contributed by atoms with Crippen molar-refractivity contribution in [2.24, 2.45) is 5.73 Å². The van der Waals surface area contributed by atoms with Crippen molar-refractivity contribution < 1.29 is 79.6 Å². The Balaban J connectivity index is 0.000000374. The largest absolute Gasteiger partial charge is 0.481 e. The second kappa shape index (κ2) is 29.5. The molecule has 0 aliphatic rings. The lowest BCUT2D eigenvalue weighted by Gasteiger charge is -2.14. The number of hydrogen-bond acceptors (Lipinski definition) is 21. The van der Waals surface area contributed by atoms with Gasteiger partial charge in [0.2, 0.25) is 34.9 Å². The zero-order chi connectivity index (χ0) is 58.6. The molecule has 28 nitrogen and oxygen atoms in total. The highest BCUT2D eigenvalue weighted by Gasteiger charge is 2.31. The predicted octanol–water partition coefficient (Wildman–Crippen LogP) is 6.32. The molecule has 0 bridgehead atoms. The van der Waals surface area contributed by atoms with Crippen molar-refractivity contribution in [3.63, 3.8) is 0 Å². The van der Waals surface area contributed by atoms with Crippen molar-refractivity contribution in [3.05, 3.63) is 97.9 Å². The molecule has 0 fully saturated rings. The van der Waals surface area contributed by atoms with E-state index >= 15 is 0 Å². The van der Waals surface area contributed by atoms with Crippen molar-refractivity contribution in [1.82, 2.24) is 39.5 Å². The predicted molar refractivity (Wildman–Crippen MR) is 272 cm³/mol. The van der Waals surface area contributed by atoms with E-state index in [1.807, 2.05) is 20.8 Å². The molecule has 0 aliphatic heterocycles. The third-order valence-corrected chi connectivity index (χ3v) is 11.5. The number of nitrogens with one attached hydrogen (secondary N) is 4. The number of aromatic carboxylic acids is 1. The van der Waals surface area contributed by atoms with Gasteiger partial charge in [-0.05, 0) is 75.2 Å². The van der Waals surface area contributed by atoms with Gasteiger partial charge < -0.3 is 50.6 Å². The second-order valence-electron chi connectivity index (χ2n) is 15.5. The molecule has 0 saturated heterocycles. The lowest BCUT2D eigenvalue weighted by molar-refractivity contribution is -0.385. The maximum absolute atomic E-state index is 12.6. The third kappa shape index (κ3) is 22.5. The van der Waals surface area contributed by atoms with Crippen molar-refractivity contribution >= 4 is 88.0 Å². The number of ether oxygens (including phenoxy) is 3. The highest BCUT2D eigenvalue weighted by atomic mass is 35.5. The SMILES string of the molecule is CCNc1nc(Cl)nc(NC(C)C)n1.COc1cc(OC)nc(NC(=O)NS(=O)(=O)c2ncccc2C(=O)N(C)C)n1.CP(=O)(O)CCC(N)C(=O)O.O=C(O)c1cc(Oc2ccc(C(F)(F)F)cc2Cl)ccc1[N+](=O)[O-]. The van der Waals surface area contributed by atoms with Gasteiger partial charge in [-0.3, -0.25) is 29.6 Å². The number of carbonyl (C=O) groups excluding carboxylic acids is 2. The number of methoxy groups -OCH3 is 2. The third-order valence-electron chi connectivity index (χ3n) is 8.63. The maximum atomic E-state index is 12.6. The molecule has 3 amide bonds. The number of nitro benzene ring substituents is 1. The minimum absolute atomic E-state index is 0.0412. The molecule has 2 atom stereocenters. The number of pyridine rings is 1. The van der Waals surface area contributed by atoms with Gasteiger partial charge in [0, 0.05) is 57.8 Å². The molecule has 9 N–H and O–H groups in total. The van der Waals surface area contributed by atoms with Crippen LogP contribution in [0.2, 0.25) is 10.3 Å². The van der Waals surface area contributed by atoms with E-state index in [1.54, 1.807) is 4.72 Å². The molecular weight excluding hydrogens is 1120 g/mol. The highest BCUT2D eigenvalue weighted by molar-refractivity contribution is 7.90. The van der Waals surface area contributed by atoms with E-state index in [9.17, 15) is 55.4 Å². The summed E-state index contributed by atoms with van der Waals surface area (Å²) in [5.41, 5.74) is 2.66. The molecule has 35 heteroatoms. The highest BCUT2D eigenvalue weighted by Crippen LogP contribution is 2.38. The molecular formula is C42H51Cl2F3N13O15PS. The summed E-state index contributed by atoms with van der Waals surface area (Å²) < 4.78 is 90.2. The number of nitro groups is 1. The Morgan fingerprint density at radius 3 is 2.03 bits per heavy atom. The fraction of sp³-hybridized carbons (Fsp3) is 0.333. The molecule has 420 valence electrons. The molecule has 0 spiro atoms. The maximum Gasteiger partial charge on any atom is 0.416 e. The standard InChI is InChI=1S/C15H18N6O6S.C14H7ClF3NO5.C8H14ClN5.C5H12NO4P/c1-21(2)13(22)9-6-5-7-16-12(9)28(24,25)20-15(23)19-14-17-10(26-3)8-11(18-14)27-4;15-10-5-7(14(16,17)18)1-4-12(10)24-8-2-3-11(19(22)23)9(6-8)13(20)21;1-4-10-7-12-6(9)13-8(14-7)11-5(2)3;1-11(9,10)3-2-4(6)5(7)8/h5-8H,1-4H3,(H2,17,18,19,20,23);1-6H,(H,20,21);5H,4H2,1-3H3,(H2,10,11,12,13,14);4H,2-3,6H2,1H3,(H,7,8)(H,9,10). The summed E-state index contributed by atoms with van der Waals surface area (Å²) >= 11 is 11.4. The van der Waals surface area contributed by atoms with Crippen molar-refractivity contribution in [1.29, 1.82) is 0 Å². The van der Waals surface area contributed by atoms with Gasteiger partial charge in [0.05, 0.1) is 41.4 Å². The summed E-state index contributed by atoms with van der Waals surface area (Å²) in [5.74, 6) is -2.64. The second-order valence-corrected chi connectivity index (χ2v) is 20.4. The lowest BCUT2D eigenvalue weighted by Crippen LogP contribution is -2.36. The Kier molecular flexibility index (Phi) is 25.0. The molecule has 3 heterocycles. The van der Waals surface area contributed by atoms with Crippen LogP contribution in [0, 0.1) is 10.1 Å². The van der Waals surface area contributed by atoms with E-state index in [1.165, 1.54) is 64.3 Å². The van der Waals surface area contributed by atoms with Crippen LogP contribution in [-0.4, -0.2) is 147 Å². The van der Waals surface area contributed by atoms with Gasteiger partial charge in [0.1, 0.15) is 23.1 Å². The number of hydrogen-bond donors (Lipinski definition) is 8. The number of halogens is 5. The number of carbonyl (C=O) groups is 4. The summed E-state index contributed by atoms with van der Waals surface area (Å²) in [7, 11) is -1.95. The van der Waals surface area contributed by atoms with Crippen molar-refractivity contribution in [2.75, 3.05) is 63.6 Å². The normalized spacial score (nSPS) is 11.9. The summed E-state index contributed by atoms with van der Waals surface area (Å²) in [6.45, 7) is 7.91. The number of amides is 3. The number of carboxylic acids is 2. The van der Waals surface area contributed by atoms with Crippen LogP contribution in [0.15, 0.2) is 65.8 Å². The van der Waals surface area contributed by atoms with Crippen LogP contribution in [0.4, 0.5) is 41.5 Å². The van der Waals surface area contributed by atoms with Crippen molar-refractivity contribution in [3.8, 4) is 23.3 Å². The number of aliphatic carboxylic acids is 1. The smallest absolute Gasteiger partial charge is 0.416 e. The summed E-state index contributed by atoms with van der Waals surface area (Å²) in [6, 6.07) is 7.40. The number of nitrogens with zero attached hydrogens (tertiary/aromatic N) is 8. The summed E-state index contributed by atoms with van der Waals surface area (Å²) in [4.78, 5) is 88.7. The number of benzene rings is 2. The minimum atomic E-state index is -4.58. The molecule has 77 heavy (non-hydrogen) atoms. The number of anilines is 3. The summed E-state index contributed by atoms with van der Waals surface area (Å²) in [6.07, 6.45) is -3.39. The Labute approximate surface area is 446 Å². The lowest BCUT2D eigenvalue weighted by atomic mass is 10.1. The number of alkyl halides is 3. The van der Waals surface area contributed by atoms with Gasteiger partial charge in [0.25, 0.3) is 21.6 Å². The first kappa shape index (κ1) is 65.3. The van der Waals surface area contributed by atoms with Gasteiger partial charge in [-0.15, -0.1) is 0 Å². The van der Waals surface area contributed by atoms with Crippen LogP contribution >= 0.6 is 30.6 Å². The first-order valence-corrected chi connectivity index (χ1v) is 26.0. The zero-order valence-electron chi connectivity index (χ0n) is 41.7. The Morgan fingerprint density at radius 1 is 0.922 bits per heavy atom. The Morgan fingerprint density at radius 2 is 1.53 bits per heavy atom. The molecule has 5 rings (SSSR count). The number of sulfonamides is 1. The molecule has 2 unspecified atom stereocenters. The monoisotopic (exact) mass is 1170 g/mol. The fourth-order valence-corrected chi connectivity index (χ4v) is 7.36. The van der Waals surface area contributed by atoms with Gasteiger partial charge >= 0.3 is 24.1 Å².